The van der Waals surface area contributed by atoms with Gasteiger partial charge in [0.15, 0.2) is 5.82 Å². The van der Waals surface area contributed by atoms with Crippen LogP contribution in [0.4, 0.5) is 5.82 Å². The zero-order valence-corrected chi connectivity index (χ0v) is 12.8. The van der Waals surface area contributed by atoms with Gasteiger partial charge in [0.05, 0.1) is 16.2 Å². The summed E-state index contributed by atoms with van der Waals surface area (Å²) in [5.74, 6) is 5.39. The zero-order chi connectivity index (χ0) is 14.8. The lowest BCUT2D eigenvalue weighted by molar-refractivity contribution is 0.581. The van der Waals surface area contributed by atoms with Crippen molar-refractivity contribution in [3.05, 3.63) is 33.4 Å². The van der Waals surface area contributed by atoms with Crippen molar-refractivity contribution in [2.75, 3.05) is 5.43 Å². The first-order valence-corrected chi connectivity index (χ1v) is 8.19. The van der Waals surface area contributed by atoms with Crippen LogP contribution in [0.3, 0.4) is 0 Å². The van der Waals surface area contributed by atoms with Crippen molar-refractivity contribution in [1.82, 2.24) is 14.7 Å². The summed E-state index contributed by atoms with van der Waals surface area (Å²) < 4.78 is 26.7. The van der Waals surface area contributed by atoms with Gasteiger partial charge in [0.1, 0.15) is 4.90 Å². The summed E-state index contributed by atoms with van der Waals surface area (Å²) in [5, 5.41) is 0.129. The van der Waals surface area contributed by atoms with Crippen LogP contribution >= 0.6 is 22.9 Å². The maximum absolute atomic E-state index is 12.1. The number of nitrogens with two attached hydrogens (primary N) is 1. The van der Waals surface area contributed by atoms with Gasteiger partial charge in [-0.25, -0.2) is 29.0 Å². The number of nitrogens with one attached hydrogen (secondary N) is 2. The number of nitrogen functional groups attached to an aromatic ring is 1. The smallest absolute Gasteiger partial charge is 0.242 e. The molecule has 0 saturated heterocycles. The molecule has 0 unspecified atom stereocenters. The van der Waals surface area contributed by atoms with E-state index in [9.17, 15) is 8.42 Å². The molecular weight excluding hydrogens is 322 g/mol. The second-order valence-electron chi connectivity index (χ2n) is 3.83. The van der Waals surface area contributed by atoms with Crippen molar-refractivity contribution in [2.45, 2.75) is 18.4 Å². The average Bonchev–Trinajstić information content (AvgIpc) is 2.82. The Morgan fingerprint density at radius 1 is 1.45 bits per heavy atom. The fourth-order valence-corrected chi connectivity index (χ4v) is 3.47. The number of hydrogen-bond acceptors (Lipinski definition) is 7. The van der Waals surface area contributed by atoms with Gasteiger partial charge in [0.2, 0.25) is 10.0 Å². The van der Waals surface area contributed by atoms with Crippen LogP contribution in [0.5, 0.6) is 0 Å². The molecule has 2 aromatic rings. The molecular formula is C10H12ClN5O2S2. The van der Waals surface area contributed by atoms with E-state index in [1.54, 1.807) is 5.51 Å². The number of hydrogen-bond donors (Lipinski definition) is 3. The maximum Gasteiger partial charge on any atom is 0.242 e. The molecule has 0 radical (unpaired) electrons. The highest BCUT2D eigenvalue weighted by molar-refractivity contribution is 7.89. The van der Waals surface area contributed by atoms with Crippen molar-refractivity contribution in [3.63, 3.8) is 0 Å². The standard InChI is InChI=1S/C10H12ClN5O2S2/c1-6-9(19-5-14-6)4-15-20(17,18)7-2-8(11)10(16-12)13-3-7/h2-3,5,15H,4,12H2,1H3,(H,13,16). The van der Waals surface area contributed by atoms with Crippen LogP contribution in [-0.4, -0.2) is 18.4 Å². The molecule has 0 aliphatic carbocycles. The Morgan fingerprint density at radius 2 is 2.20 bits per heavy atom. The molecule has 7 nitrogen and oxygen atoms in total. The first kappa shape index (κ1) is 15.1. The lowest BCUT2D eigenvalue weighted by atomic mass is 10.4. The number of aromatic nitrogens is 2. The van der Waals surface area contributed by atoms with Gasteiger partial charge in [-0.15, -0.1) is 11.3 Å². The minimum Gasteiger partial charge on any atom is -0.307 e. The van der Waals surface area contributed by atoms with E-state index in [1.807, 2.05) is 6.92 Å². The highest BCUT2D eigenvalue weighted by Gasteiger charge is 2.17. The second kappa shape index (κ2) is 6.02. The number of pyridine rings is 1. The Hall–Kier alpha value is -1.26. The van der Waals surface area contributed by atoms with Gasteiger partial charge in [-0.1, -0.05) is 11.6 Å². The summed E-state index contributed by atoms with van der Waals surface area (Å²) in [6.07, 6.45) is 1.18. The van der Waals surface area contributed by atoms with Crippen molar-refractivity contribution < 1.29 is 8.42 Å². The SMILES string of the molecule is Cc1ncsc1CNS(=O)(=O)c1cnc(NN)c(Cl)c1. The van der Waals surface area contributed by atoms with Crippen molar-refractivity contribution in [1.29, 1.82) is 0 Å². The van der Waals surface area contributed by atoms with Gasteiger partial charge in [-0.05, 0) is 13.0 Å². The molecule has 0 aliphatic rings. The molecule has 20 heavy (non-hydrogen) atoms. The van der Waals surface area contributed by atoms with Crippen LogP contribution in [0.25, 0.3) is 0 Å². The fraction of sp³-hybridized carbons (Fsp3) is 0.200. The Labute approximate surface area is 125 Å². The number of thiazole rings is 1. The Balaban J connectivity index is 2.18. The van der Waals surface area contributed by atoms with Gasteiger partial charge >= 0.3 is 0 Å². The molecule has 0 aromatic carbocycles. The number of aryl methyl sites for hydroxylation is 1. The third-order valence-electron chi connectivity index (χ3n) is 2.53. The monoisotopic (exact) mass is 333 g/mol. The molecule has 0 aliphatic heterocycles. The van der Waals surface area contributed by atoms with Crippen LogP contribution in [0, 0.1) is 6.92 Å². The van der Waals surface area contributed by atoms with E-state index in [0.29, 0.717) is 0 Å². The fourth-order valence-electron chi connectivity index (χ4n) is 1.41. The molecule has 0 atom stereocenters. The molecule has 10 heteroatoms. The minimum absolute atomic E-state index is 0.0244. The van der Waals surface area contributed by atoms with E-state index >= 15 is 0 Å². The highest BCUT2D eigenvalue weighted by atomic mass is 35.5. The summed E-state index contributed by atoms with van der Waals surface area (Å²) in [6, 6.07) is 1.28. The molecule has 2 aromatic heterocycles. The molecule has 0 amide bonds. The van der Waals surface area contributed by atoms with Crippen LogP contribution in [0.1, 0.15) is 10.6 Å². The van der Waals surface area contributed by atoms with Gasteiger partial charge < -0.3 is 5.43 Å². The van der Waals surface area contributed by atoms with Crippen molar-refractivity contribution in [2.24, 2.45) is 5.84 Å². The molecule has 108 valence electrons. The Kier molecular flexibility index (Phi) is 4.55. The van der Waals surface area contributed by atoms with E-state index in [2.05, 4.69) is 20.1 Å². The number of sulfonamides is 1. The third-order valence-corrected chi connectivity index (χ3v) is 5.12. The quantitative estimate of drug-likeness (QED) is 0.561. The second-order valence-corrected chi connectivity index (χ2v) is 6.94. The summed E-state index contributed by atoms with van der Waals surface area (Å²) in [6.45, 7) is 1.99. The largest absolute Gasteiger partial charge is 0.307 e. The Bertz CT molecular complexity index is 716. The highest BCUT2D eigenvalue weighted by Crippen LogP contribution is 2.22. The van der Waals surface area contributed by atoms with E-state index in [-0.39, 0.29) is 22.3 Å². The van der Waals surface area contributed by atoms with Crippen LogP contribution < -0.4 is 16.0 Å². The topological polar surface area (TPSA) is 110 Å². The Morgan fingerprint density at radius 3 is 2.75 bits per heavy atom. The van der Waals surface area contributed by atoms with E-state index in [1.165, 1.54) is 23.6 Å². The van der Waals surface area contributed by atoms with Crippen molar-refractivity contribution >= 4 is 38.8 Å². The van der Waals surface area contributed by atoms with Gasteiger partial charge in [0, 0.05) is 17.6 Å². The molecule has 2 rings (SSSR count). The number of rotatable bonds is 5. The lowest BCUT2D eigenvalue weighted by Gasteiger charge is -2.08. The number of nitrogens with zero attached hydrogens (tertiary/aromatic N) is 2. The normalized spacial score (nSPS) is 11.6. The minimum atomic E-state index is -3.69. The van der Waals surface area contributed by atoms with E-state index in [0.717, 1.165) is 10.6 Å². The molecule has 0 spiro atoms. The van der Waals surface area contributed by atoms with Gasteiger partial charge in [-0.2, -0.15) is 0 Å². The average molecular weight is 334 g/mol. The predicted molar refractivity (Wildman–Crippen MR) is 77.9 cm³/mol. The van der Waals surface area contributed by atoms with E-state index < -0.39 is 10.0 Å². The first-order valence-electron chi connectivity index (χ1n) is 5.45. The third kappa shape index (κ3) is 3.25. The molecule has 0 bridgehead atoms. The van der Waals surface area contributed by atoms with Crippen LogP contribution in [-0.2, 0) is 16.6 Å². The predicted octanol–water partition coefficient (Wildman–Crippen LogP) is 1.26. The van der Waals surface area contributed by atoms with Crippen LogP contribution in [0.15, 0.2) is 22.7 Å². The summed E-state index contributed by atoms with van der Waals surface area (Å²) in [7, 11) is -3.69. The number of anilines is 1. The number of halogens is 1. The maximum atomic E-state index is 12.1. The molecule has 2 heterocycles. The lowest BCUT2D eigenvalue weighted by Crippen LogP contribution is -2.23. The zero-order valence-electron chi connectivity index (χ0n) is 10.4. The molecule has 0 saturated carbocycles. The summed E-state index contributed by atoms with van der Waals surface area (Å²) >= 11 is 7.24. The summed E-state index contributed by atoms with van der Waals surface area (Å²) in [4.78, 5) is 8.71. The van der Waals surface area contributed by atoms with Gasteiger partial charge in [-0.3, -0.25) is 0 Å². The molecule has 0 fully saturated rings. The summed E-state index contributed by atoms with van der Waals surface area (Å²) in [5.41, 5.74) is 4.74. The molecule has 4 N–H and O–H groups in total. The van der Waals surface area contributed by atoms with Crippen molar-refractivity contribution in [3.8, 4) is 0 Å². The van der Waals surface area contributed by atoms with Crippen LogP contribution in [0.2, 0.25) is 5.02 Å². The first-order chi connectivity index (χ1) is 9.44. The van der Waals surface area contributed by atoms with E-state index in [4.69, 9.17) is 17.4 Å². The van der Waals surface area contributed by atoms with Gasteiger partial charge in [0.25, 0.3) is 0 Å². The number of hydrazine groups is 1.